The van der Waals surface area contributed by atoms with E-state index in [1.807, 2.05) is 11.8 Å². The average Bonchev–Trinajstić information content (AvgIpc) is 2.48. The summed E-state index contributed by atoms with van der Waals surface area (Å²) in [7, 11) is 0. The van der Waals surface area contributed by atoms with E-state index in [4.69, 9.17) is 9.73 Å². The SMILES string of the molecule is CCNC(=NCC1CCCOC1C(C)(C)C)NCCCSC. The van der Waals surface area contributed by atoms with Crippen molar-refractivity contribution in [3.05, 3.63) is 0 Å². The number of guanidine groups is 1. The summed E-state index contributed by atoms with van der Waals surface area (Å²) in [6.45, 7) is 12.5. The molecule has 1 aliphatic heterocycles. The van der Waals surface area contributed by atoms with Crippen molar-refractivity contribution in [2.45, 2.75) is 53.1 Å². The van der Waals surface area contributed by atoms with Crippen LogP contribution in [-0.4, -0.2) is 50.3 Å². The second kappa shape index (κ2) is 10.4. The van der Waals surface area contributed by atoms with E-state index in [1.165, 1.54) is 18.6 Å². The Hall–Kier alpha value is -0.420. The zero-order valence-corrected chi connectivity index (χ0v) is 15.9. The second-order valence-electron chi connectivity index (χ2n) is 7.05. The van der Waals surface area contributed by atoms with Gasteiger partial charge in [-0.25, -0.2) is 0 Å². The number of nitrogens with one attached hydrogen (secondary N) is 2. The molecular formula is C17H35N3OS. The number of thioether (sulfide) groups is 1. The normalized spacial score (nSPS) is 23.4. The fourth-order valence-electron chi connectivity index (χ4n) is 2.96. The van der Waals surface area contributed by atoms with Crippen LogP contribution in [0.1, 0.15) is 47.0 Å². The maximum Gasteiger partial charge on any atom is 0.191 e. The highest BCUT2D eigenvalue weighted by Gasteiger charge is 2.35. The van der Waals surface area contributed by atoms with Crippen molar-refractivity contribution < 1.29 is 4.74 Å². The molecule has 2 N–H and O–H groups in total. The molecule has 1 aliphatic rings. The number of rotatable bonds is 7. The molecule has 4 nitrogen and oxygen atoms in total. The first-order valence-electron chi connectivity index (χ1n) is 8.61. The highest BCUT2D eigenvalue weighted by Crippen LogP contribution is 2.34. The number of hydrogen-bond donors (Lipinski definition) is 2. The lowest BCUT2D eigenvalue weighted by molar-refractivity contribution is -0.0823. The van der Waals surface area contributed by atoms with Gasteiger partial charge in [-0.2, -0.15) is 11.8 Å². The minimum absolute atomic E-state index is 0.185. The Morgan fingerprint density at radius 3 is 2.73 bits per heavy atom. The number of nitrogens with zero attached hydrogens (tertiary/aromatic N) is 1. The summed E-state index contributed by atoms with van der Waals surface area (Å²) >= 11 is 1.89. The maximum atomic E-state index is 6.05. The van der Waals surface area contributed by atoms with E-state index in [9.17, 15) is 0 Å². The summed E-state index contributed by atoms with van der Waals surface area (Å²) in [5.41, 5.74) is 0.185. The van der Waals surface area contributed by atoms with Gasteiger partial charge in [0, 0.05) is 32.2 Å². The third-order valence-corrected chi connectivity index (χ3v) is 4.64. The Kier molecular flexibility index (Phi) is 9.25. The van der Waals surface area contributed by atoms with Crippen molar-refractivity contribution >= 4 is 17.7 Å². The number of hydrogen-bond acceptors (Lipinski definition) is 3. The summed E-state index contributed by atoms with van der Waals surface area (Å²) in [4.78, 5) is 4.81. The minimum Gasteiger partial charge on any atom is -0.377 e. The third kappa shape index (κ3) is 7.23. The first-order valence-corrected chi connectivity index (χ1v) is 10.0. The molecule has 0 aromatic heterocycles. The van der Waals surface area contributed by atoms with E-state index in [0.29, 0.717) is 12.0 Å². The van der Waals surface area contributed by atoms with E-state index in [1.54, 1.807) is 0 Å². The molecule has 1 heterocycles. The largest absolute Gasteiger partial charge is 0.377 e. The molecule has 0 saturated carbocycles. The molecule has 130 valence electrons. The van der Waals surface area contributed by atoms with Crippen molar-refractivity contribution in [2.75, 3.05) is 38.2 Å². The topological polar surface area (TPSA) is 45.7 Å². The lowest BCUT2D eigenvalue weighted by Crippen LogP contribution is -2.43. The van der Waals surface area contributed by atoms with Gasteiger partial charge in [0.1, 0.15) is 0 Å². The summed E-state index contributed by atoms with van der Waals surface area (Å²) < 4.78 is 6.05. The van der Waals surface area contributed by atoms with E-state index in [2.05, 4.69) is 44.6 Å². The summed E-state index contributed by atoms with van der Waals surface area (Å²) in [6, 6.07) is 0. The second-order valence-corrected chi connectivity index (χ2v) is 8.04. The van der Waals surface area contributed by atoms with Crippen molar-refractivity contribution in [3.63, 3.8) is 0 Å². The van der Waals surface area contributed by atoms with Crippen molar-refractivity contribution in [2.24, 2.45) is 16.3 Å². The van der Waals surface area contributed by atoms with Crippen LogP contribution in [0.25, 0.3) is 0 Å². The van der Waals surface area contributed by atoms with Gasteiger partial charge in [0.25, 0.3) is 0 Å². The molecule has 0 aliphatic carbocycles. The van der Waals surface area contributed by atoms with Gasteiger partial charge < -0.3 is 15.4 Å². The van der Waals surface area contributed by atoms with Gasteiger partial charge in [-0.15, -0.1) is 0 Å². The van der Waals surface area contributed by atoms with Crippen LogP contribution in [0, 0.1) is 11.3 Å². The van der Waals surface area contributed by atoms with Gasteiger partial charge in [0.15, 0.2) is 5.96 Å². The molecule has 0 bridgehead atoms. The lowest BCUT2D eigenvalue weighted by atomic mass is 9.78. The van der Waals surface area contributed by atoms with E-state index >= 15 is 0 Å². The molecular weight excluding hydrogens is 294 g/mol. The van der Waals surface area contributed by atoms with E-state index < -0.39 is 0 Å². The number of ether oxygens (including phenoxy) is 1. The molecule has 0 amide bonds. The first kappa shape index (κ1) is 19.6. The predicted molar refractivity (Wildman–Crippen MR) is 98.9 cm³/mol. The molecule has 22 heavy (non-hydrogen) atoms. The molecule has 0 aromatic carbocycles. The van der Waals surface area contributed by atoms with Crippen LogP contribution in [0.15, 0.2) is 4.99 Å². The fraction of sp³-hybridized carbons (Fsp3) is 0.941. The van der Waals surface area contributed by atoms with Crippen molar-refractivity contribution in [1.29, 1.82) is 0 Å². The predicted octanol–water partition coefficient (Wildman–Crippen LogP) is 3.14. The molecule has 1 rings (SSSR count). The smallest absolute Gasteiger partial charge is 0.191 e. The molecule has 0 radical (unpaired) electrons. The molecule has 2 atom stereocenters. The lowest BCUT2D eigenvalue weighted by Gasteiger charge is -2.39. The van der Waals surface area contributed by atoms with Gasteiger partial charge in [-0.3, -0.25) is 4.99 Å². The van der Waals surface area contributed by atoms with Crippen LogP contribution in [-0.2, 0) is 4.74 Å². The Labute approximate surface area is 141 Å². The Morgan fingerprint density at radius 1 is 1.32 bits per heavy atom. The van der Waals surface area contributed by atoms with Gasteiger partial charge in [-0.1, -0.05) is 20.8 Å². The summed E-state index contributed by atoms with van der Waals surface area (Å²) in [5.74, 6) is 2.66. The first-order chi connectivity index (χ1) is 10.5. The van der Waals surface area contributed by atoms with E-state index in [0.717, 1.165) is 38.6 Å². The number of aliphatic imine (C=N–C) groups is 1. The molecule has 1 saturated heterocycles. The maximum absolute atomic E-state index is 6.05. The standard InChI is InChI=1S/C17H35N3OS/c1-6-18-16(19-10-8-12-22-5)20-13-14-9-7-11-21-15(14)17(2,3)4/h14-15H,6-13H2,1-5H3,(H2,18,19,20). The zero-order valence-electron chi connectivity index (χ0n) is 15.1. The van der Waals surface area contributed by atoms with Crippen LogP contribution < -0.4 is 10.6 Å². The molecule has 0 spiro atoms. The molecule has 2 unspecified atom stereocenters. The summed E-state index contributed by atoms with van der Waals surface area (Å²) in [5, 5.41) is 6.78. The zero-order chi connectivity index (χ0) is 16.4. The molecule has 5 heteroatoms. The Bertz CT molecular complexity index is 328. The highest BCUT2D eigenvalue weighted by atomic mass is 32.2. The van der Waals surface area contributed by atoms with Gasteiger partial charge in [0.2, 0.25) is 0 Å². The van der Waals surface area contributed by atoms with Crippen LogP contribution in [0.5, 0.6) is 0 Å². The fourth-order valence-corrected chi connectivity index (χ4v) is 3.39. The average molecular weight is 330 g/mol. The van der Waals surface area contributed by atoms with Crippen LogP contribution in [0.2, 0.25) is 0 Å². The summed E-state index contributed by atoms with van der Waals surface area (Å²) in [6.07, 6.45) is 6.00. The van der Waals surface area contributed by atoms with Gasteiger partial charge >= 0.3 is 0 Å². The third-order valence-electron chi connectivity index (χ3n) is 3.94. The Balaban J connectivity index is 2.54. The highest BCUT2D eigenvalue weighted by molar-refractivity contribution is 7.98. The van der Waals surface area contributed by atoms with Crippen LogP contribution >= 0.6 is 11.8 Å². The molecule has 0 aromatic rings. The van der Waals surface area contributed by atoms with Crippen LogP contribution in [0.4, 0.5) is 0 Å². The quantitative estimate of drug-likeness (QED) is 0.428. The van der Waals surface area contributed by atoms with Crippen molar-refractivity contribution in [1.82, 2.24) is 10.6 Å². The Morgan fingerprint density at radius 2 is 2.09 bits per heavy atom. The molecule has 1 fully saturated rings. The minimum atomic E-state index is 0.185. The monoisotopic (exact) mass is 329 g/mol. The van der Waals surface area contributed by atoms with Gasteiger partial charge in [0.05, 0.1) is 6.10 Å². The van der Waals surface area contributed by atoms with Crippen molar-refractivity contribution in [3.8, 4) is 0 Å². The van der Waals surface area contributed by atoms with Crippen LogP contribution in [0.3, 0.4) is 0 Å². The van der Waals surface area contributed by atoms with Gasteiger partial charge in [-0.05, 0) is 43.6 Å². The van der Waals surface area contributed by atoms with E-state index in [-0.39, 0.29) is 5.41 Å².